The normalized spacial score (nSPS) is 15.2. The number of amides is 1. The number of halogens is 1. The molecule has 0 spiro atoms. The molecule has 7 nitrogen and oxygen atoms in total. The molecule has 0 aliphatic carbocycles. The molecule has 4 rings (SSSR count). The summed E-state index contributed by atoms with van der Waals surface area (Å²) < 4.78 is 25.6. The average molecular weight is 493 g/mol. The second-order valence-corrected chi connectivity index (χ2v) is 11.2. The van der Waals surface area contributed by atoms with Crippen LogP contribution in [-0.4, -0.2) is 69.2 Å². The number of aromatic nitrogens is 1. The van der Waals surface area contributed by atoms with E-state index in [0.717, 1.165) is 41.5 Å². The number of benzene rings is 2. The number of carbonyl (C=O) groups is 1. The van der Waals surface area contributed by atoms with Gasteiger partial charge in [0, 0.05) is 39.3 Å². The van der Waals surface area contributed by atoms with Gasteiger partial charge in [0.1, 0.15) is 5.52 Å². The topological polar surface area (TPSA) is 82.6 Å². The molecule has 1 amide bonds. The van der Waals surface area contributed by atoms with E-state index >= 15 is 0 Å². The monoisotopic (exact) mass is 492 g/mol. The number of piperazine rings is 1. The standard InChI is InChI=1S/C22H25ClN4O3S2/c1-2-32(29,30)19-9-4-3-6-16(19)21(28)24-10-11-26-12-14-27(15-13-26)22-25-20-17(23)7-5-8-18(20)31-22/h3-9H,2,10-15H2,1H3,(H,24,28). The third kappa shape index (κ3) is 4.91. The summed E-state index contributed by atoms with van der Waals surface area (Å²) in [4.78, 5) is 21.9. The van der Waals surface area contributed by atoms with Gasteiger partial charge in [-0.05, 0) is 24.3 Å². The summed E-state index contributed by atoms with van der Waals surface area (Å²) in [6, 6.07) is 12.2. The molecule has 1 aromatic heterocycles. The second kappa shape index (κ2) is 9.74. The fraction of sp³-hybridized carbons (Fsp3) is 0.364. The van der Waals surface area contributed by atoms with Gasteiger partial charge in [-0.25, -0.2) is 13.4 Å². The molecule has 0 unspecified atom stereocenters. The summed E-state index contributed by atoms with van der Waals surface area (Å²) in [7, 11) is -3.45. The van der Waals surface area contributed by atoms with Crippen LogP contribution in [-0.2, 0) is 9.84 Å². The third-order valence-corrected chi connectivity index (χ3v) is 8.73. The maximum absolute atomic E-state index is 12.6. The molecule has 2 aromatic carbocycles. The highest BCUT2D eigenvalue weighted by Crippen LogP contribution is 2.33. The van der Waals surface area contributed by atoms with Crippen molar-refractivity contribution >= 4 is 54.0 Å². The van der Waals surface area contributed by atoms with Gasteiger partial charge in [0.15, 0.2) is 15.0 Å². The minimum absolute atomic E-state index is 0.0393. The van der Waals surface area contributed by atoms with Gasteiger partial charge < -0.3 is 10.2 Å². The van der Waals surface area contributed by atoms with Crippen LogP contribution in [0.5, 0.6) is 0 Å². The van der Waals surface area contributed by atoms with Crippen LogP contribution >= 0.6 is 22.9 Å². The zero-order valence-corrected chi connectivity index (χ0v) is 20.1. The fourth-order valence-corrected chi connectivity index (χ4v) is 6.11. The lowest BCUT2D eigenvalue weighted by molar-refractivity contribution is 0.0944. The van der Waals surface area contributed by atoms with Gasteiger partial charge in [-0.2, -0.15) is 0 Å². The van der Waals surface area contributed by atoms with E-state index in [-0.39, 0.29) is 22.1 Å². The lowest BCUT2D eigenvalue weighted by atomic mass is 10.2. The smallest absolute Gasteiger partial charge is 0.252 e. The van der Waals surface area contributed by atoms with Crippen molar-refractivity contribution in [2.45, 2.75) is 11.8 Å². The number of nitrogens with zero attached hydrogens (tertiary/aromatic N) is 3. The van der Waals surface area contributed by atoms with Crippen molar-refractivity contribution in [3.63, 3.8) is 0 Å². The maximum Gasteiger partial charge on any atom is 0.252 e. The molecular formula is C22H25ClN4O3S2. The SMILES string of the molecule is CCS(=O)(=O)c1ccccc1C(=O)NCCN1CCN(c2nc3c(Cl)cccc3s2)CC1. The van der Waals surface area contributed by atoms with E-state index in [4.69, 9.17) is 16.6 Å². The molecule has 2 heterocycles. The van der Waals surface area contributed by atoms with Crippen molar-refractivity contribution in [3.05, 3.63) is 53.1 Å². The summed E-state index contributed by atoms with van der Waals surface area (Å²) in [5.74, 6) is -0.398. The number of sulfone groups is 1. The zero-order chi connectivity index (χ0) is 22.7. The van der Waals surface area contributed by atoms with Crippen molar-refractivity contribution < 1.29 is 13.2 Å². The van der Waals surface area contributed by atoms with Crippen molar-refractivity contribution in [1.82, 2.24) is 15.2 Å². The predicted molar refractivity (Wildman–Crippen MR) is 130 cm³/mol. The minimum Gasteiger partial charge on any atom is -0.351 e. The van der Waals surface area contributed by atoms with Crippen molar-refractivity contribution in [2.75, 3.05) is 49.9 Å². The molecule has 1 N–H and O–H groups in total. The van der Waals surface area contributed by atoms with Crippen LogP contribution in [0.4, 0.5) is 5.13 Å². The van der Waals surface area contributed by atoms with E-state index in [1.54, 1.807) is 36.5 Å². The second-order valence-electron chi connectivity index (χ2n) is 7.57. The summed E-state index contributed by atoms with van der Waals surface area (Å²) >= 11 is 7.90. The van der Waals surface area contributed by atoms with Gasteiger partial charge in [-0.1, -0.05) is 48.1 Å². The van der Waals surface area contributed by atoms with Crippen molar-refractivity contribution in [2.24, 2.45) is 0 Å². The molecule has 1 saturated heterocycles. The van der Waals surface area contributed by atoms with E-state index in [1.807, 2.05) is 18.2 Å². The molecular weight excluding hydrogens is 468 g/mol. The Hall–Kier alpha value is -2.20. The lowest BCUT2D eigenvalue weighted by Gasteiger charge is -2.34. The minimum atomic E-state index is -3.45. The van der Waals surface area contributed by atoms with Crippen LogP contribution in [0.25, 0.3) is 10.2 Å². The van der Waals surface area contributed by atoms with Gasteiger partial charge in [-0.3, -0.25) is 9.69 Å². The zero-order valence-electron chi connectivity index (χ0n) is 17.8. The Morgan fingerprint density at radius 1 is 1.12 bits per heavy atom. The number of rotatable bonds is 7. The van der Waals surface area contributed by atoms with Crippen LogP contribution in [0, 0.1) is 0 Å². The van der Waals surface area contributed by atoms with Crippen molar-refractivity contribution in [3.8, 4) is 0 Å². The number of carbonyl (C=O) groups excluding carboxylic acids is 1. The van der Waals surface area contributed by atoms with Gasteiger partial charge in [0.25, 0.3) is 5.91 Å². The quantitative estimate of drug-likeness (QED) is 0.545. The molecule has 1 aliphatic heterocycles. The van der Waals surface area contributed by atoms with Crippen LogP contribution in [0.15, 0.2) is 47.4 Å². The first-order valence-corrected chi connectivity index (χ1v) is 13.4. The highest BCUT2D eigenvalue weighted by atomic mass is 35.5. The van der Waals surface area contributed by atoms with Crippen molar-refractivity contribution in [1.29, 1.82) is 0 Å². The average Bonchev–Trinajstić information content (AvgIpc) is 3.25. The number of anilines is 1. The van der Waals surface area contributed by atoms with Gasteiger partial charge in [0.05, 0.1) is 25.9 Å². The molecule has 32 heavy (non-hydrogen) atoms. The summed E-state index contributed by atoms with van der Waals surface area (Å²) in [5, 5.41) is 4.52. The number of hydrogen-bond donors (Lipinski definition) is 1. The summed E-state index contributed by atoms with van der Waals surface area (Å²) in [6.07, 6.45) is 0. The first-order chi connectivity index (χ1) is 15.4. The first-order valence-electron chi connectivity index (χ1n) is 10.5. The fourth-order valence-electron chi connectivity index (χ4n) is 3.70. The van der Waals surface area contributed by atoms with Gasteiger partial charge in [0.2, 0.25) is 0 Å². The van der Waals surface area contributed by atoms with Crippen LogP contribution < -0.4 is 10.2 Å². The molecule has 0 radical (unpaired) electrons. The molecule has 0 bridgehead atoms. The molecule has 0 saturated carbocycles. The van der Waals surface area contributed by atoms with Gasteiger partial charge >= 0.3 is 0 Å². The summed E-state index contributed by atoms with van der Waals surface area (Å²) in [5.41, 5.74) is 1.05. The Balaban J connectivity index is 1.29. The number of nitrogens with one attached hydrogen (secondary N) is 1. The Morgan fingerprint density at radius 2 is 1.88 bits per heavy atom. The summed E-state index contributed by atoms with van der Waals surface area (Å²) in [6.45, 7) is 6.16. The van der Waals surface area contributed by atoms with E-state index < -0.39 is 9.84 Å². The first kappa shape index (κ1) is 23.0. The van der Waals surface area contributed by atoms with Crippen LogP contribution in [0.1, 0.15) is 17.3 Å². The number of hydrogen-bond acceptors (Lipinski definition) is 7. The molecule has 1 fully saturated rings. The lowest BCUT2D eigenvalue weighted by Crippen LogP contribution is -2.48. The van der Waals surface area contributed by atoms with Gasteiger partial charge in [-0.15, -0.1) is 0 Å². The largest absolute Gasteiger partial charge is 0.351 e. The molecule has 0 atom stereocenters. The van der Waals surface area contributed by atoms with E-state index in [9.17, 15) is 13.2 Å². The number of para-hydroxylation sites is 1. The maximum atomic E-state index is 12.6. The van der Waals surface area contributed by atoms with Crippen LogP contribution in [0.3, 0.4) is 0 Å². The number of fused-ring (bicyclic) bond motifs is 1. The molecule has 10 heteroatoms. The molecule has 170 valence electrons. The Bertz CT molecular complexity index is 1220. The molecule has 3 aromatic rings. The highest BCUT2D eigenvalue weighted by molar-refractivity contribution is 7.91. The Morgan fingerprint density at radius 3 is 2.59 bits per heavy atom. The van der Waals surface area contributed by atoms with Crippen LogP contribution in [0.2, 0.25) is 5.02 Å². The Kier molecular flexibility index (Phi) is 6.99. The predicted octanol–water partition coefficient (Wildman–Crippen LogP) is 3.30. The molecule has 1 aliphatic rings. The Labute approximate surface area is 196 Å². The number of thiazole rings is 1. The highest BCUT2D eigenvalue weighted by Gasteiger charge is 2.22. The van der Waals surface area contributed by atoms with E-state index in [1.165, 1.54) is 6.07 Å². The van der Waals surface area contributed by atoms with E-state index in [2.05, 4.69) is 15.1 Å². The van der Waals surface area contributed by atoms with E-state index in [0.29, 0.717) is 18.1 Å². The third-order valence-electron chi connectivity index (χ3n) is 5.56.